The van der Waals surface area contributed by atoms with Crippen LogP contribution in [0.15, 0.2) is 0 Å². The molecule has 144 valence electrons. The zero-order valence-corrected chi connectivity index (χ0v) is 15.0. The molecule has 0 atom stereocenters. The second-order valence-corrected chi connectivity index (χ2v) is 7.46. The van der Waals surface area contributed by atoms with Gasteiger partial charge in [0.25, 0.3) is 5.91 Å². The Kier molecular flexibility index (Phi) is 5.17. The van der Waals surface area contributed by atoms with Crippen LogP contribution < -0.4 is 10.6 Å². The number of imide groups is 1. The van der Waals surface area contributed by atoms with Gasteiger partial charge in [0.05, 0.1) is 6.54 Å². The number of carbonyl (C=O) groups is 4. The summed E-state index contributed by atoms with van der Waals surface area (Å²) in [5, 5.41) is 14.5. The summed E-state index contributed by atoms with van der Waals surface area (Å²) < 4.78 is 0. The van der Waals surface area contributed by atoms with Crippen molar-refractivity contribution >= 4 is 23.8 Å². The van der Waals surface area contributed by atoms with Crippen molar-refractivity contribution in [3.05, 3.63) is 0 Å². The van der Waals surface area contributed by atoms with E-state index < -0.39 is 17.5 Å². The lowest BCUT2D eigenvalue weighted by Crippen LogP contribution is -2.56. The van der Waals surface area contributed by atoms with Crippen LogP contribution in [-0.2, 0) is 14.4 Å². The Morgan fingerprint density at radius 3 is 2.54 bits per heavy atom. The molecule has 0 radical (unpaired) electrons. The van der Waals surface area contributed by atoms with Gasteiger partial charge in [-0.05, 0) is 32.2 Å². The van der Waals surface area contributed by atoms with Gasteiger partial charge >= 0.3 is 12.0 Å². The maximum atomic E-state index is 12.5. The van der Waals surface area contributed by atoms with E-state index in [2.05, 4.69) is 10.6 Å². The molecule has 9 heteroatoms. The second kappa shape index (κ2) is 7.22. The van der Waals surface area contributed by atoms with Crippen molar-refractivity contribution in [2.24, 2.45) is 0 Å². The van der Waals surface area contributed by atoms with Crippen molar-refractivity contribution in [2.75, 3.05) is 19.6 Å². The smallest absolute Gasteiger partial charge is 0.325 e. The summed E-state index contributed by atoms with van der Waals surface area (Å²) >= 11 is 0. The Morgan fingerprint density at radius 2 is 1.96 bits per heavy atom. The SMILES string of the molecule is CCN(CC(=O)O)C1CC(NC(=O)CN2C(=O)NC3(CCCC3)C2=O)C1. The molecule has 2 aliphatic carbocycles. The highest BCUT2D eigenvalue weighted by atomic mass is 16.4. The predicted molar refractivity (Wildman–Crippen MR) is 91.3 cm³/mol. The normalized spacial score (nSPS) is 26.9. The van der Waals surface area contributed by atoms with Gasteiger partial charge in [-0.2, -0.15) is 0 Å². The number of hydrogen-bond acceptors (Lipinski definition) is 5. The lowest BCUT2D eigenvalue weighted by molar-refractivity contribution is -0.139. The number of amides is 4. The molecule has 9 nitrogen and oxygen atoms in total. The molecule has 0 aromatic rings. The van der Waals surface area contributed by atoms with E-state index in [-0.39, 0.29) is 37.0 Å². The number of carbonyl (C=O) groups excluding carboxylic acids is 3. The molecule has 2 saturated carbocycles. The molecule has 3 rings (SSSR count). The molecule has 1 aliphatic heterocycles. The second-order valence-electron chi connectivity index (χ2n) is 7.46. The van der Waals surface area contributed by atoms with Crippen LogP contribution in [0.4, 0.5) is 4.79 Å². The van der Waals surface area contributed by atoms with Gasteiger partial charge in [-0.3, -0.25) is 24.2 Å². The van der Waals surface area contributed by atoms with Gasteiger partial charge in [0.1, 0.15) is 12.1 Å². The highest BCUT2D eigenvalue weighted by molar-refractivity contribution is 6.09. The van der Waals surface area contributed by atoms with Gasteiger partial charge in [0, 0.05) is 12.1 Å². The molecular weight excluding hydrogens is 340 g/mol. The number of urea groups is 1. The fourth-order valence-electron chi connectivity index (χ4n) is 4.23. The quantitative estimate of drug-likeness (QED) is 0.542. The Hall–Kier alpha value is -2.16. The molecule has 1 saturated heterocycles. The van der Waals surface area contributed by atoms with Crippen molar-refractivity contribution in [2.45, 2.75) is 63.1 Å². The first kappa shape index (κ1) is 18.6. The highest BCUT2D eigenvalue weighted by Crippen LogP contribution is 2.35. The average molecular weight is 366 g/mol. The van der Waals surface area contributed by atoms with Crippen LogP contribution in [0.5, 0.6) is 0 Å². The zero-order chi connectivity index (χ0) is 18.9. The number of aliphatic carboxylic acids is 1. The molecule has 1 spiro atoms. The van der Waals surface area contributed by atoms with Crippen LogP contribution in [0, 0.1) is 0 Å². The number of carboxylic acid groups (broad SMARTS) is 1. The van der Waals surface area contributed by atoms with E-state index in [1.807, 2.05) is 11.8 Å². The maximum absolute atomic E-state index is 12.5. The molecule has 26 heavy (non-hydrogen) atoms. The van der Waals surface area contributed by atoms with Crippen LogP contribution in [0.3, 0.4) is 0 Å². The molecular formula is C17H26N4O5. The lowest BCUT2D eigenvalue weighted by Gasteiger charge is -2.42. The molecule has 0 aromatic heterocycles. The van der Waals surface area contributed by atoms with Crippen molar-refractivity contribution in [3.8, 4) is 0 Å². The van der Waals surface area contributed by atoms with Crippen LogP contribution in [0.25, 0.3) is 0 Å². The molecule has 0 bridgehead atoms. The monoisotopic (exact) mass is 366 g/mol. The molecule has 4 amide bonds. The number of hydrogen-bond donors (Lipinski definition) is 3. The third-order valence-corrected chi connectivity index (χ3v) is 5.74. The first-order chi connectivity index (χ1) is 12.3. The summed E-state index contributed by atoms with van der Waals surface area (Å²) in [4.78, 5) is 50.6. The summed E-state index contributed by atoms with van der Waals surface area (Å²) in [6, 6.07) is -0.395. The molecule has 0 aromatic carbocycles. The van der Waals surface area contributed by atoms with Crippen LogP contribution >= 0.6 is 0 Å². The summed E-state index contributed by atoms with van der Waals surface area (Å²) in [5.74, 6) is -1.51. The number of nitrogens with zero attached hydrogens (tertiary/aromatic N) is 2. The van der Waals surface area contributed by atoms with Gasteiger partial charge in [-0.25, -0.2) is 4.79 Å². The Labute approximate surface area is 152 Å². The van der Waals surface area contributed by atoms with Gasteiger partial charge in [0.2, 0.25) is 5.91 Å². The lowest BCUT2D eigenvalue weighted by atomic mass is 9.85. The molecule has 0 unspecified atom stereocenters. The number of nitrogens with one attached hydrogen (secondary N) is 2. The first-order valence-corrected chi connectivity index (χ1v) is 9.24. The molecule has 3 fully saturated rings. The minimum atomic E-state index is -0.862. The Bertz CT molecular complexity index is 610. The summed E-state index contributed by atoms with van der Waals surface area (Å²) in [6.45, 7) is 2.28. The van der Waals surface area contributed by atoms with Crippen molar-refractivity contribution in [3.63, 3.8) is 0 Å². The van der Waals surface area contributed by atoms with Gasteiger partial charge in [0.15, 0.2) is 0 Å². The maximum Gasteiger partial charge on any atom is 0.325 e. The minimum absolute atomic E-state index is 0.00757. The van der Waals surface area contributed by atoms with E-state index in [4.69, 9.17) is 5.11 Å². The standard InChI is InChI=1S/C17H26N4O5/c1-2-20(10-14(23)24)12-7-11(8-12)18-13(22)9-21-15(25)17(19-16(21)26)5-3-4-6-17/h11-12H,2-10H2,1H3,(H,18,22)(H,19,26)(H,23,24). The van der Waals surface area contributed by atoms with Crippen LogP contribution in [-0.4, -0.2) is 76.0 Å². The molecule has 3 N–H and O–H groups in total. The fourth-order valence-corrected chi connectivity index (χ4v) is 4.23. The highest BCUT2D eigenvalue weighted by Gasteiger charge is 2.52. The van der Waals surface area contributed by atoms with Gasteiger partial charge < -0.3 is 15.7 Å². The Morgan fingerprint density at radius 1 is 1.31 bits per heavy atom. The Balaban J connectivity index is 1.46. The number of carboxylic acids is 1. The van der Waals surface area contributed by atoms with Gasteiger partial charge in [-0.15, -0.1) is 0 Å². The third-order valence-electron chi connectivity index (χ3n) is 5.74. The fraction of sp³-hybridized carbons (Fsp3) is 0.765. The number of likely N-dealkylation sites (N-methyl/N-ethyl adjacent to an activating group) is 1. The summed E-state index contributed by atoms with van der Waals surface area (Å²) in [6.07, 6.45) is 4.43. The van der Waals surface area contributed by atoms with E-state index in [0.717, 1.165) is 17.7 Å². The van der Waals surface area contributed by atoms with E-state index in [9.17, 15) is 19.2 Å². The predicted octanol–water partition coefficient (Wildman–Crippen LogP) is -0.0953. The van der Waals surface area contributed by atoms with Crippen LogP contribution in [0.1, 0.15) is 45.4 Å². The van der Waals surface area contributed by atoms with Crippen molar-refractivity contribution < 1.29 is 24.3 Å². The van der Waals surface area contributed by atoms with E-state index in [0.29, 0.717) is 32.2 Å². The largest absolute Gasteiger partial charge is 0.480 e. The van der Waals surface area contributed by atoms with Crippen molar-refractivity contribution in [1.82, 2.24) is 20.4 Å². The summed E-state index contributed by atoms with van der Waals surface area (Å²) in [7, 11) is 0. The topological polar surface area (TPSA) is 119 Å². The first-order valence-electron chi connectivity index (χ1n) is 9.24. The molecule has 1 heterocycles. The van der Waals surface area contributed by atoms with Crippen LogP contribution in [0.2, 0.25) is 0 Å². The third kappa shape index (κ3) is 3.53. The molecule has 3 aliphatic rings. The number of rotatable bonds is 7. The average Bonchev–Trinajstić information content (AvgIpc) is 3.10. The minimum Gasteiger partial charge on any atom is -0.480 e. The van der Waals surface area contributed by atoms with Gasteiger partial charge in [-0.1, -0.05) is 19.8 Å². The summed E-state index contributed by atoms with van der Waals surface area (Å²) in [5.41, 5.74) is -0.794. The van der Waals surface area contributed by atoms with E-state index in [1.54, 1.807) is 0 Å². The van der Waals surface area contributed by atoms with E-state index in [1.165, 1.54) is 0 Å². The zero-order valence-electron chi connectivity index (χ0n) is 15.0. The van der Waals surface area contributed by atoms with E-state index >= 15 is 0 Å². The van der Waals surface area contributed by atoms with Crippen molar-refractivity contribution in [1.29, 1.82) is 0 Å².